The number of thiazole rings is 1. The molecule has 1 rings (SSSR count). The molecule has 0 aliphatic carbocycles. The van der Waals surface area contributed by atoms with Gasteiger partial charge in [-0.05, 0) is 44.9 Å². The fourth-order valence-corrected chi connectivity index (χ4v) is 2.35. The molecule has 90 valence electrons. The van der Waals surface area contributed by atoms with Crippen LogP contribution >= 0.6 is 11.3 Å². The Morgan fingerprint density at radius 3 is 2.75 bits per heavy atom. The van der Waals surface area contributed by atoms with E-state index >= 15 is 0 Å². The summed E-state index contributed by atoms with van der Waals surface area (Å²) in [5.41, 5.74) is 7.90. The van der Waals surface area contributed by atoms with Gasteiger partial charge in [-0.1, -0.05) is 0 Å². The molecular formula is C12H20N2OS. The molecule has 3 nitrogen and oxygen atoms in total. The molecule has 0 saturated carbocycles. The van der Waals surface area contributed by atoms with Gasteiger partial charge in [-0.15, -0.1) is 11.3 Å². The van der Waals surface area contributed by atoms with E-state index < -0.39 is 0 Å². The minimum atomic E-state index is 0.664. The Labute approximate surface area is 101 Å². The molecular weight excluding hydrogens is 220 g/mol. The van der Waals surface area contributed by atoms with Crippen LogP contribution in [0.25, 0.3) is 6.08 Å². The number of nitrogens with two attached hydrogens (primary N) is 1. The van der Waals surface area contributed by atoms with Gasteiger partial charge in [0.2, 0.25) is 0 Å². The quantitative estimate of drug-likeness (QED) is 0.831. The SMILES string of the molecule is COCC(=Cc1nc(C)c(C)s1)CCCN. The van der Waals surface area contributed by atoms with Crippen LogP contribution < -0.4 is 5.73 Å². The molecule has 0 saturated heterocycles. The van der Waals surface area contributed by atoms with Crippen molar-refractivity contribution in [3.8, 4) is 0 Å². The summed E-state index contributed by atoms with van der Waals surface area (Å²) in [6.07, 6.45) is 4.12. The summed E-state index contributed by atoms with van der Waals surface area (Å²) in [6.45, 7) is 5.52. The van der Waals surface area contributed by atoms with Gasteiger partial charge in [0.05, 0.1) is 12.3 Å². The van der Waals surface area contributed by atoms with E-state index in [-0.39, 0.29) is 0 Å². The molecule has 0 atom stereocenters. The summed E-state index contributed by atoms with van der Waals surface area (Å²) < 4.78 is 5.18. The zero-order valence-corrected chi connectivity index (χ0v) is 11.1. The summed E-state index contributed by atoms with van der Waals surface area (Å²) in [4.78, 5) is 5.78. The summed E-state index contributed by atoms with van der Waals surface area (Å²) in [6, 6.07) is 0. The fourth-order valence-electron chi connectivity index (χ4n) is 1.43. The number of rotatable bonds is 6. The lowest BCUT2D eigenvalue weighted by molar-refractivity contribution is 0.223. The first-order valence-electron chi connectivity index (χ1n) is 5.50. The topological polar surface area (TPSA) is 48.1 Å². The van der Waals surface area contributed by atoms with Crippen molar-refractivity contribution in [3.63, 3.8) is 0 Å². The van der Waals surface area contributed by atoms with Gasteiger partial charge in [-0.25, -0.2) is 4.98 Å². The highest BCUT2D eigenvalue weighted by Gasteiger charge is 2.03. The third kappa shape index (κ3) is 4.04. The average Bonchev–Trinajstić information content (AvgIpc) is 2.55. The first-order chi connectivity index (χ1) is 7.67. The zero-order valence-electron chi connectivity index (χ0n) is 10.2. The van der Waals surface area contributed by atoms with Crippen molar-refractivity contribution in [2.45, 2.75) is 26.7 Å². The molecule has 1 aromatic heterocycles. The summed E-state index contributed by atoms with van der Waals surface area (Å²) in [5.74, 6) is 0. The maximum absolute atomic E-state index is 5.51. The molecule has 0 unspecified atom stereocenters. The van der Waals surface area contributed by atoms with Crippen LogP contribution in [0.3, 0.4) is 0 Å². The van der Waals surface area contributed by atoms with E-state index in [4.69, 9.17) is 10.5 Å². The van der Waals surface area contributed by atoms with E-state index in [1.807, 2.05) is 6.92 Å². The van der Waals surface area contributed by atoms with Crippen LogP contribution in [0.4, 0.5) is 0 Å². The van der Waals surface area contributed by atoms with Crippen LogP contribution in [0.15, 0.2) is 5.57 Å². The number of aromatic nitrogens is 1. The van der Waals surface area contributed by atoms with Crippen molar-refractivity contribution in [1.29, 1.82) is 0 Å². The standard InChI is InChI=1S/C12H20N2OS/c1-9-10(2)16-12(14-9)7-11(8-15-3)5-4-6-13/h7H,4-6,8,13H2,1-3H3. The van der Waals surface area contributed by atoms with E-state index in [9.17, 15) is 0 Å². The average molecular weight is 240 g/mol. The number of aryl methyl sites for hydroxylation is 2. The summed E-state index contributed by atoms with van der Waals surface area (Å²) >= 11 is 1.73. The first-order valence-corrected chi connectivity index (χ1v) is 6.31. The van der Waals surface area contributed by atoms with E-state index in [1.165, 1.54) is 10.5 Å². The maximum Gasteiger partial charge on any atom is 0.116 e. The van der Waals surface area contributed by atoms with Crippen LogP contribution in [0, 0.1) is 13.8 Å². The van der Waals surface area contributed by atoms with Crippen LogP contribution in [0.5, 0.6) is 0 Å². The lowest BCUT2D eigenvalue weighted by Crippen LogP contribution is -2.01. The van der Waals surface area contributed by atoms with Gasteiger partial charge in [0, 0.05) is 12.0 Å². The van der Waals surface area contributed by atoms with Gasteiger partial charge < -0.3 is 10.5 Å². The maximum atomic E-state index is 5.51. The highest BCUT2D eigenvalue weighted by molar-refractivity contribution is 7.12. The van der Waals surface area contributed by atoms with Gasteiger partial charge in [-0.2, -0.15) is 0 Å². The first kappa shape index (κ1) is 13.4. The Morgan fingerprint density at radius 1 is 1.50 bits per heavy atom. The molecule has 4 heteroatoms. The van der Waals surface area contributed by atoms with Gasteiger partial charge in [0.1, 0.15) is 5.01 Å². The van der Waals surface area contributed by atoms with Crippen molar-refractivity contribution < 1.29 is 4.74 Å². The largest absolute Gasteiger partial charge is 0.380 e. The summed E-state index contributed by atoms with van der Waals surface area (Å²) in [5, 5.41) is 1.07. The van der Waals surface area contributed by atoms with Crippen molar-refractivity contribution in [3.05, 3.63) is 21.2 Å². The molecule has 0 aromatic carbocycles. The van der Waals surface area contributed by atoms with E-state index in [2.05, 4.69) is 18.0 Å². The van der Waals surface area contributed by atoms with E-state index in [0.717, 1.165) is 30.1 Å². The third-order valence-electron chi connectivity index (χ3n) is 2.40. The predicted octanol–water partition coefficient (Wildman–Crippen LogP) is 2.53. The van der Waals surface area contributed by atoms with Crippen LogP contribution in [0.1, 0.15) is 28.4 Å². The Balaban J connectivity index is 2.75. The number of hydrogen-bond acceptors (Lipinski definition) is 4. The van der Waals surface area contributed by atoms with Gasteiger partial charge >= 0.3 is 0 Å². The fraction of sp³-hybridized carbons (Fsp3) is 0.583. The van der Waals surface area contributed by atoms with Crippen molar-refractivity contribution in [2.75, 3.05) is 20.3 Å². The molecule has 0 bridgehead atoms. The monoisotopic (exact) mass is 240 g/mol. The minimum Gasteiger partial charge on any atom is -0.380 e. The Kier molecular flexibility index (Phi) is 5.66. The molecule has 0 aliphatic heterocycles. The van der Waals surface area contributed by atoms with Crippen molar-refractivity contribution in [1.82, 2.24) is 4.98 Å². The highest BCUT2D eigenvalue weighted by atomic mass is 32.1. The third-order valence-corrected chi connectivity index (χ3v) is 3.42. The number of hydrogen-bond donors (Lipinski definition) is 1. The molecule has 0 aliphatic rings. The second-order valence-electron chi connectivity index (χ2n) is 3.82. The zero-order chi connectivity index (χ0) is 12.0. The lowest BCUT2D eigenvalue weighted by Gasteiger charge is -2.04. The second-order valence-corrected chi connectivity index (χ2v) is 5.06. The van der Waals surface area contributed by atoms with Crippen molar-refractivity contribution in [2.24, 2.45) is 5.73 Å². The summed E-state index contributed by atoms with van der Waals surface area (Å²) in [7, 11) is 1.72. The van der Waals surface area contributed by atoms with Crippen LogP contribution in [0.2, 0.25) is 0 Å². The molecule has 16 heavy (non-hydrogen) atoms. The molecule has 1 heterocycles. The lowest BCUT2D eigenvalue weighted by atomic mass is 10.1. The smallest absolute Gasteiger partial charge is 0.116 e. The molecule has 0 radical (unpaired) electrons. The Bertz CT molecular complexity index is 338. The number of methoxy groups -OCH3 is 1. The van der Waals surface area contributed by atoms with Crippen LogP contribution in [-0.2, 0) is 4.74 Å². The molecule has 1 aromatic rings. The number of nitrogens with zero attached hydrogens (tertiary/aromatic N) is 1. The highest BCUT2D eigenvalue weighted by Crippen LogP contribution is 2.20. The van der Waals surface area contributed by atoms with Crippen molar-refractivity contribution >= 4 is 17.4 Å². The predicted molar refractivity (Wildman–Crippen MR) is 69.7 cm³/mol. The van der Waals surface area contributed by atoms with Gasteiger partial charge in [0.15, 0.2) is 0 Å². The number of ether oxygens (including phenoxy) is 1. The molecule has 2 N–H and O–H groups in total. The van der Waals surface area contributed by atoms with E-state index in [1.54, 1.807) is 18.4 Å². The normalized spacial score (nSPS) is 12.1. The van der Waals surface area contributed by atoms with Crippen LogP contribution in [-0.4, -0.2) is 25.2 Å². The van der Waals surface area contributed by atoms with E-state index in [0.29, 0.717) is 6.61 Å². The molecule has 0 amide bonds. The van der Waals surface area contributed by atoms with Gasteiger partial charge in [0.25, 0.3) is 0 Å². The second kappa shape index (κ2) is 6.78. The Morgan fingerprint density at radius 2 is 2.25 bits per heavy atom. The Hall–Kier alpha value is -0.710. The molecule has 0 spiro atoms. The minimum absolute atomic E-state index is 0.664. The molecule has 0 fully saturated rings. The van der Waals surface area contributed by atoms with Gasteiger partial charge in [-0.3, -0.25) is 0 Å².